The molecule has 0 atom stereocenters. The number of nitrogens with two attached hydrogens (primary N) is 1. The van der Waals surface area contributed by atoms with Gasteiger partial charge >= 0.3 is 0 Å². The summed E-state index contributed by atoms with van der Waals surface area (Å²) in [5.74, 6) is 5.15. The van der Waals surface area contributed by atoms with Gasteiger partial charge in [0, 0.05) is 31.5 Å². The summed E-state index contributed by atoms with van der Waals surface area (Å²) in [6.07, 6.45) is 0.303. The molecule has 6 heteroatoms. The van der Waals surface area contributed by atoms with Gasteiger partial charge in [-0.05, 0) is 24.3 Å². The number of amides is 1. The molecule has 0 saturated carbocycles. The lowest BCUT2D eigenvalue weighted by Gasteiger charge is -2.21. The molecule has 1 amide bonds. The molecule has 0 saturated heterocycles. The Hall–Kier alpha value is -2.10. The Labute approximate surface area is 112 Å². The van der Waals surface area contributed by atoms with Crippen LogP contribution >= 0.6 is 0 Å². The summed E-state index contributed by atoms with van der Waals surface area (Å²) < 4.78 is 4.97. The van der Waals surface area contributed by atoms with Crippen LogP contribution in [0.3, 0.4) is 0 Å². The highest BCUT2D eigenvalue weighted by Crippen LogP contribution is 2.10. The first-order valence-electron chi connectivity index (χ1n) is 5.94. The number of hydrazine groups is 1. The average Bonchev–Trinajstić information content (AvgIpc) is 2.47. The van der Waals surface area contributed by atoms with Crippen molar-refractivity contribution in [1.29, 1.82) is 5.26 Å². The molecule has 102 valence electrons. The monoisotopic (exact) mass is 262 g/mol. The molecule has 0 fully saturated rings. The molecule has 1 rings (SSSR count). The van der Waals surface area contributed by atoms with Gasteiger partial charge in [-0.3, -0.25) is 10.6 Å². The maximum absolute atomic E-state index is 12.3. The molecule has 1 aromatic carbocycles. The van der Waals surface area contributed by atoms with E-state index in [4.69, 9.17) is 15.8 Å². The zero-order valence-corrected chi connectivity index (χ0v) is 10.9. The summed E-state index contributed by atoms with van der Waals surface area (Å²) in [7, 11) is 1.58. The fraction of sp³-hybridized carbons (Fsp3) is 0.385. The van der Waals surface area contributed by atoms with Crippen molar-refractivity contribution in [2.75, 3.05) is 32.2 Å². The van der Waals surface area contributed by atoms with Crippen molar-refractivity contribution in [2.24, 2.45) is 5.84 Å². The quantitative estimate of drug-likeness (QED) is 0.564. The number of nitrogens with zero attached hydrogens (tertiary/aromatic N) is 2. The van der Waals surface area contributed by atoms with Gasteiger partial charge in [0.1, 0.15) is 0 Å². The lowest BCUT2D eigenvalue weighted by atomic mass is 10.1. The van der Waals surface area contributed by atoms with Crippen LogP contribution in [0.15, 0.2) is 24.3 Å². The standard InChI is InChI=1S/C13H18N4O2/c1-19-10-9-17(8-2-7-14)13(18)11-3-5-12(16-15)6-4-11/h3-6,16H,2,8-10,15H2,1H3. The van der Waals surface area contributed by atoms with Gasteiger partial charge in [0.05, 0.1) is 19.1 Å². The van der Waals surface area contributed by atoms with Gasteiger partial charge < -0.3 is 15.1 Å². The van der Waals surface area contributed by atoms with Crippen LogP contribution in [-0.2, 0) is 4.74 Å². The number of nitriles is 1. The van der Waals surface area contributed by atoms with E-state index >= 15 is 0 Å². The number of nitrogens with one attached hydrogen (secondary N) is 1. The van der Waals surface area contributed by atoms with E-state index < -0.39 is 0 Å². The van der Waals surface area contributed by atoms with Crippen LogP contribution in [0.5, 0.6) is 0 Å². The largest absolute Gasteiger partial charge is 0.383 e. The number of benzene rings is 1. The molecule has 6 nitrogen and oxygen atoms in total. The van der Waals surface area contributed by atoms with Gasteiger partial charge in [0.15, 0.2) is 0 Å². The molecule has 0 aliphatic rings. The van der Waals surface area contributed by atoms with Crippen LogP contribution in [-0.4, -0.2) is 37.6 Å². The van der Waals surface area contributed by atoms with E-state index in [1.54, 1.807) is 36.3 Å². The third kappa shape index (κ3) is 4.58. The number of anilines is 1. The molecule has 0 aromatic heterocycles. The van der Waals surface area contributed by atoms with Crippen molar-refractivity contribution in [3.05, 3.63) is 29.8 Å². The summed E-state index contributed by atoms with van der Waals surface area (Å²) in [5.41, 5.74) is 3.80. The van der Waals surface area contributed by atoms with Crippen molar-refractivity contribution >= 4 is 11.6 Å². The molecule has 0 aliphatic heterocycles. The second-order valence-corrected chi connectivity index (χ2v) is 3.91. The van der Waals surface area contributed by atoms with Gasteiger partial charge in [0.25, 0.3) is 5.91 Å². The fourth-order valence-corrected chi connectivity index (χ4v) is 1.59. The van der Waals surface area contributed by atoms with Crippen LogP contribution in [0.2, 0.25) is 0 Å². The highest BCUT2D eigenvalue weighted by atomic mass is 16.5. The van der Waals surface area contributed by atoms with E-state index in [1.165, 1.54) is 0 Å². The van der Waals surface area contributed by atoms with E-state index in [0.29, 0.717) is 31.7 Å². The molecule has 0 radical (unpaired) electrons. The molecule has 0 aliphatic carbocycles. The molecular formula is C13H18N4O2. The number of hydrogen-bond donors (Lipinski definition) is 2. The highest BCUT2D eigenvalue weighted by Gasteiger charge is 2.14. The minimum absolute atomic E-state index is 0.115. The molecule has 3 N–H and O–H groups in total. The van der Waals surface area contributed by atoms with Gasteiger partial charge in [-0.15, -0.1) is 0 Å². The Bertz CT molecular complexity index is 439. The van der Waals surface area contributed by atoms with E-state index in [9.17, 15) is 4.79 Å². The molecule has 1 aromatic rings. The summed E-state index contributed by atoms with van der Waals surface area (Å²) in [5, 5.41) is 8.62. The molecule has 0 heterocycles. The highest BCUT2D eigenvalue weighted by molar-refractivity contribution is 5.94. The minimum atomic E-state index is -0.115. The normalized spacial score (nSPS) is 9.74. The summed E-state index contributed by atoms with van der Waals surface area (Å²) in [6.45, 7) is 1.31. The first-order valence-corrected chi connectivity index (χ1v) is 5.94. The maximum atomic E-state index is 12.3. The Morgan fingerprint density at radius 2 is 2.11 bits per heavy atom. The van der Waals surface area contributed by atoms with E-state index in [2.05, 4.69) is 5.43 Å². The zero-order valence-electron chi connectivity index (χ0n) is 10.9. The van der Waals surface area contributed by atoms with Crippen molar-refractivity contribution in [3.8, 4) is 6.07 Å². The molecule has 19 heavy (non-hydrogen) atoms. The number of carbonyl (C=O) groups excluding carboxylic acids is 1. The van der Waals surface area contributed by atoms with Crippen LogP contribution in [0, 0.1) is 11.3 Å². The van der Waals surface area contributed by atoms with E-state index in [1.807, 2.05) is 6.07 Å². The second-order valence-electron chi connectivity index (χ2n) is 3.91. The first kappa shape index (κ1) is 15.0. The number of nitrogen functional groups attached to an aromatic ring is 1. The second kappa shape index (κ2) is 8.08. The SMILES string of the molecule is COCCN(CCC#N)C(=O)c1ccc(NN)cc1. The number of rotatable bonds is 7. The predicted molar refractivity (Wildman–Crippen MR) is 72.3 cm³/mol. The Kier molecular flexibility index (Phi) is 6.36. The molecule has 0 bridgehead atoms. The third-order valence-corrected chi connectivity index (χ3v) is 2.64. The molecule has 0 unspecified atom stereocenters. The zero-order chi connectivity index (χ0) is 14.1. The van der Waals surface area contributed by atoms with Gasteiger partial charge in [-0.25, -0.2) is 0 Å². The Morgan fingerprint density at radius 1 is 1.42 bits per heavy atom. The van der Waals surface area contributed by atoms with Crippen molar-refractivity contribution in [3.63, 3.8) is 0 Å². The average molecular weight is 262 g/mol. The lowest BCUT2D eigenvalue weighted by Crippen LogP contribution is -2.34. The predicted octanol–water partition coefficient (Wildman–Crippen LogP) is 0.974. The smallest absolute Gasteiger partial charge is 0.253 e. The lowest BCUT2D eigenvalue weighted by molar-refractivity contribution is 0.0700. The minimum Gasteiger partial charge on any atom is -0.383 e. The van der Waals surface area contributed by atoms with Crippen molar-refractivity contribution in [2.45, 2.75) is 6.42 Å². The number of methoxy groups -OCH3 is 1. The fourth-order valence-electron chi connectivity index (χ4n) is 1.59. The van der Waals surface area contributed by atoms with Crippen LogP contribution in [0.25, 0.3) is 0 Å². The molecule has 0 spiro atoms. The number of carbonyl (C=O) groups is 1. The van der Waals surface area contributed by atoms with Crippen LogP contribution < -0.4 is 11.3 Å². The van der Waals surface area contributed by atoms with Gasteiger partial charge in [0.2, 0.25) is 0 Å². The first-order chi connectivity index (χ1) is 9.22. The number of ether oxygens (including phenoxy) is 1. The Balaban J connectivity index is 2.75. The van der Waals surface area contributed by atoms with E-state index in [0.717, 1.165) is 5.69 Å². The summed E-state index contributed by atoms with van der Waals surface area (Å²) >= 11 is 0. The number of hydrogen-bond acceptors (Lipinski definition) is 5. The molecular weight excluding hydrogens is 244 g/mol. The third-order valence-electron chi connectivity index (χ3n) is 2.64. The maximum Gasteiger partial charge on any atom is 0.253 e. The summed E-state index contributed by atoms with van der Waals surface area (Å²) in [4.78, 5) is 13.9. The topological polar surface area (TPSA) is 91.4 Å². The van der Waals surface area contributed by atoms with Gasteiger partial charge in [-0.1, -0.05) is 0 Å². The van der Waals surface area contributed by atoms with Crippen LogP contribution in [0.4, 0.5) is 5.69 Å². The van der Waals surface area contributed by atoms with Crippen molar-refractivity contribution in [1.82, 2.24) is 4.90 Å². The van der Waals surface area contributed by atoms with Crippen molar-refractivity contribution < 1.29 is 9.53 Å². The van der Waals surface area contributed by atoms with Crippen LogP contribution in [0.1, 0.15) is 16.8 Å². The van der Waals surface area contributed by atoms with E-state index in [-0.39, 0.29) is 5.91 Å². The van der Waals surface area contributed by atoms with Gasteiger partial charge in [-0.2, -0.15) is 5.26 Å². The summed E-state index contributed by atoms with van der Waals surface area (Å²) in [6, 6.07) is 8.89. The Morgan fingerprint density at radius 3 is 2.63 bits per heavy atom.